The SMILES string of the molecule is CC1(C)CCC(C)(C)c2cc(/C=C/c3ccccc3)ccc21. The van der Waals surface area contributed by atoms with Crippen molar-refractivity contribution in [3.8, 4) is 0 Å². The van der Waals surface area contributed by atoms with Gasteiger partial charge in [0.2, 0.25) is 0 Å². The number of hydrogen-bond donors (Lipinski definition) is 0. The average molecular weight is 290 g/mol. The van der Waals surface area contributed by atoms with Crippen LogP contribution in [0.4, 0.5) is 0 Å². The highest BCUT2D eigenvalue weighted by molar-refractivity contribution is 5.70. The molecule has 0 radical (unpaired) electrons. The van der Waals surface area contributed by atoms with Gasteiger partial charge in [0.1, 0.15) is 0 Å². The third-order valence-corrected chi connectivity index (χ3v) is 5.14. The van der Waals surface area contributed by atoms with Gasteiger partial charge in [-0.1, -0.05) is 88.4 Å². The van der Waals surface area contributed by atoms with E-state index in [9.17, 15) is 0 Å². The predicted octanol–water partition coefficient (Wildman–Crippen LogP) is 6.21. The molecule has 1 aliphatic rings. The van der Waals surface area contributed by atoms with Gasteiger partial charge in [0.15, 0.2) is 0 Å². The lowest BCUT2D eigenvalue weighted by Crippen LogP contribution is -2.33. The van der Waals surface area contributed by atoms with Gasteiger partial charge in [-0.3, -0.25) is 0 Å². The van der Waals surface area contributed by atoms with E-state index in [1.165, 1.54) is 35.1 Å². The number of benzene rings is 2. The van der Waals surface area contributed by atoms with Gasteiger partial charge in [-0.15, -0.1) is 0 Å². The van der Waals surface area contributed by atoms with Crippen LogP contribution in [0.5, 0.6) is 0 Å². The zero-order valence-corrected chi connectivity index (χ0v) is 14.2. The molecule has 0 atom stereocenters. The maximum atomic E-state index is 2.40. The van der Waals surface area contributed by atoms with Gasteiger partial charge in [0, 0.05) is 0 Å². The molecular formula is C22H26. The van der Waals surface area contributed by atoms with E-state index < -0.39 is 0 Å². The Morgan fingerprint density at radius 3 is 1.95 bits per heavy atom. The molecule has 0 saturated heterocycles. The highest BCUT2D eigenvalue weighted by Gasteiger charge is 2.36. The van der Waals surface area contributed by atoms with Crippen molar-refractivity contribution in [2.45, 2.75) is 51.4 Å². The minimum Gasteiger partial charge on any atom is -0.0622 e. The lowest BCUT2D eigenvalue weighted by molar-refractivity contribution is 0.332. The Morgan fingerprint density at radius 2 is 1.27 bits per heavy atom. The van der Waals surface area contributed by atoms with Crippen LogP contribution in [0.25, 0.3) is 12.2 Å². The Balaban J connectivity index is 1.98. The van der Waals surface area contributed by atoms with Crippen LogP contribution in [0.3, 0.4) is 0 Å². The zero-order valence-electron chi connectivity index (χ0n) is 14.2. The van der Waals surface area contributed by atoms with E-state index in [0.717, 1.165) is 0 Å². The minimum absolute atomic E-state index is 0.279. The van der Waals surface area contributed by atoms with Gasteiger partial charge >= 0.3 is 0 Å². The molecule has 0 nitrogen and oxygen atoms in total. The van der Waals surface area contributed by atoms with Crippen molar-refractivity contribution < 1.29 is 0 Å². The second kappa shape index (κ2) is 5.43. The molecular weight excluding hydrogens is 264 g/mol. The summed E-state index contributed by atoms with van der Waals surface area (Å²) >= 11 is 0. The molecule has 0 N–H and O–H groups in total. The minimum atomic E-state index is 0.279. The smallest absolute Gasteiger partial charge is 0.0100 e. The van der Waals surface area contributed by atoms with Crippen LogP contribution in [0, 0.1) is 0 Å². The van der Waals surface area contributed by atoms with Crippen LogP contribution < -0.4 is 0 Å². The molecule has 2 aromatic rings. The first kappa shape index (κ1) is 15.1. The fourth-order valence-electron chi connectivity index (χ4n) is 3.47. The van der Waals surface area contributed by atoms with E-state index in [-0.39, 0.29) is 5.41 Å². The lowest BCUT2D eigenvalue weighted by Gasteiger charge is -2.42. The molecule has 3 rings (SSSR count). The van der Waals surface area contributed by atoms with Gasteiger partial charge in [-0.25, -0.2) is 0 Å². The first-order valence-corrected chi connectivity index (χ1v) is 8.27. The molecule has 22 heavy (non-hydrogen) atoms. The topological polar surface area (TPSA) is 0 Å². The van der Waals surface area contributed by atoms with E-state index in [0.29, 0.717) is 5.41 Å². The molecule has 0 unspecified atom stereocenters. The van der Waals surface area contributed by atoms with Crippen molar-refractivity contribution >= 4 is 12.2 Å². The molecule has 0 spiro atoms. The second-order valence-electron chi connectivity index (χ2n) is 7.82. The molecule has 0 amide bonds. The number of rotatable bonds is 2. The van der Waals surface area contributed by atoms with Crippen LogP contribution in [0.1, 0.15) is 62.8 Å². The van der Waals surface area contributed by atoms with Gasteiger partial charge in [0.25, 0.3) is 0 Å². The second-order valence-corrected chi connectivity index (χ2v) is 7.82. The average Bonchev–Trinajstić information content (AvgIpc) is 2.51. The molecule has 0 aromatic heterocycles. The van der Waals surface area contributed by atoms with Gasteiger partial charge < -0.3 is 0 Å². The van der Waals surface area contributed by atoms with Crippen molar-refractivity contribution in [1.82, 2.24) is 0 Å². The van der Waals surface area contributed by atoms with Crippen LogP contribution >= 0.6 is 0 Å². The van der Waals surface area contributed by atoms with E-state index in [1.807, 2.05) is 0 Å². The molecule has 0 saturated carbocycles. The van der Waals surface area contributed by atoms with Gasteiger partial charge in [-0.05, 0) is 45.9 Å². The summed E-state index contributed by atoms with van der Waals surface area (Å²) in [7, 11) is 0. The van der Waals surface area contributed by atoms with Crippen molar-refractivity contribution in [3.63, 3.8) is 0 Å². The zero-order chi connectivity index (χ0) is 15.8. The molecule has 1 aliphatic carbocycles. The van der Waals surface area contributed by atoms with Gasteiger partial charge in [-0.2, -0.15) is 0 Å². The molecule has 0 heterocycles. The van der Waals surface area contributed by atoms with E-state index in [2.05, 4.69) is 88.4 Å². The Labute approximate surface area is 134 Å². The summed E-state index contributed by atoms with van der Waals surface area (Å²) in [5.74, 6) is 0. The van der Waals surface area contributed by atoms with Crippen molar-refractivity contribution in [1.29, 1.82) is 0 Å². The summed E-state index contributed by atoms with van der Waals surface area (Å²) in [5.41, 5.74) is 6.18. The summed E-state index contributed by atoms with van der Waals surface area (Å²) in [6.07, 6.45) is 6.96. The highest BCUT2D eigenvalue weighted by atomic mass is 14.4. The Morgan fingerprint density at radius 1 is 0.682 bits per heavy atom. The quantitative estimate of drug-likeness (QED) is 0.577. The van der Waals surface area contributed by atoms with Crippen LogP contribution in [-0.4, -0.2) is 0 Å². The van der Waals surface area contributed by atoms with E-state index in [1.54, 1.807) is 0 Å². The molecule has 0 fully saturated rings. The molecule has 114 valence electrons. The summed E-state index contributed by atoms with van der Waals surface area (Å²) < 4.78 is 0. The summed E-state index contributed by atoms with van der Waals surface area (Å²) in [5, 5.41) is 0. The predicted molar refractivity (Wildman–Crippen MR) is 97.1 cm³/mol. The first-order valence-electron chi connectivity index (χ1n) is 8.27. The number of hydrogen-bond acceptors (Lipinski definition) is 0. The largest absolute Gasteiger partial charge is 0.0622 e. The molecule has 0 heteroatoms. The van der Waals surface area contributed by atoms with Crippen LogP contribution in [0.2, 0.25) is 0 Å². The third kappa shape index (κ3) is 2.88. The standard InChI is InChI=1S/C22H26/c1-21(2)14-15-22(3,4)20-16-18(12-13-19(20)21)11-10-17-8-6-5-7-9-17/h5-13,16H,14-15H2,1-4H3/b11-10+. The fourth-order valence-corrected chi connectivity index (χ4v) is 3.47. The van der Waals surface area contributed by atoms with Crippen molar-refractivity contribution in [3.05, 3.63) is 70.8 Å². The highest BCUT2D eigenvalue weighted by Crippen LogP contribution is 2.45. The van der Waals surface area contributed by atoms with Crippen LogP contribution in [0.15, 0.2) is 48.5 Å². The van der Waals surface area contributed by atoms with Gasteiger partial charge in [0.05, 0.1) is 0 Å². The maximum absolute atomic E-state index is 2.40. The number of fused-ring (bicyclic) bond motifs is 1. The Kier molecular flexibility index (Phi) is 3.72. The summed E-state index contributed by atoms with van der Waals surface area (Å²) in [6.45, 7) is 9.51. The van der Waals surface area contributed by atoms with Crippen molar-refractivity contribution in [2.75, 3.05) is 0 Å². The summed E-state index contributed by atoms with van der Waals surface area (Å²) in [6, 6.07) is 17.5. The monoisotopic (exact) mass is 290 g/mol. The molecule has 0 bridgehead atoms. The maximum Gasteiger partial charge on any atom is -0.0100 e. The third-order valence-electron chi connectivity index (χ3n) is 5.14. The van der Waals surface area contributed by atoms with E-state index in [4.69, 9.17) is 0 Å². The Hall–Kier alpha value is -1.82. The van der Waals surface area contributed by atoms with E-state index >= 15 is 0 Å². The summed E-state index contributed by atoms with van der Waals surface area (Å²) in [4.78, 5) is 0. The lowest BCUT2D eigenvalue weighted by atomic mass is 9.63. The van der Waals surface area contributed by atoms with Crippen molar-refractivity contribution in [2.24, 2.45) is 0 Å². The molecule has 0 aliphatic heterocycles. The first-order chi connectivity index (χ1) is 10.4. The Bertz CT molecular complexity index is 687. The van der Waals surface area contributed by atoms with Crippen LogP contribution in [-0.2, 0) is 10.8 Å². The molecule has 2 aromatic carbocycles. The fraction of sp³-hybridized carbons (Fsp3) is 0.364. The normalized spacial score (nSPS) is 19.1.